The molecule has 0 amide bonds. The molecule has 0 unspecified atom stereocenters. The summed E-state index contributed by atoms with van der Waals surface area (Å²) in [5.74, 6) is 1.81. The van der Waals surface area contributed by atoms with E-state index >= 15 is 0 Å². The van der Waals surface area contributed by atoms with Crippen LogP contribution in [0, 0.1) is 0 Å². The number of rotatable bonds is 20. The molecule has 536 valence electrons. The average molecular weight is 1450 g/mol. The smallest absolute Gasteiger partial charge is 0.406 e. The third kappa shape index (κ3) is 32.7. The second kappa shape index (κ2) is 47.7. The molecule has 17 heteroatoms. The Labute approximate surface area is 597 Å². The van der Waals surface area contributed by atoms with Crippen molar-refractivity contribution in [1.82, 2.24) is 0 Å². The van der Waals surface area contributed by atoms with E-state index < -0.39 is 66.5 Å². The maximum Gasteiger partial charge on any atom is 0.406 e. The Bertz CT molecular complexity index is 2980. The van der Waals surface area contributed by atoms with E-state index in [0.29, 0.717) is 0 Å². The molecule has 8 rings (SSSR count). The van der Waals surface area contributed by atoms with Crippen molar-refractivity contribution >= 4 is 108 Å². The fourth-order valence-electron chi connectivity index (χ4n) is 9.07. The van der Waals surface area contributed by atoms with Crippen LogP contribution in [0.25, 0.3) is 0 Å². The van der Waals surface area contributed by atoms with Gasteiger partial charge in [0.1, 0.15) is 27.6 Å². The fourth-order valence-corrected chi connectivity index (χ4v) is 26.4. The van der Waals surface area contributed by atoms with Gasteiger partial charge in [0, 0.05) is 42.7 Å². The molecule has 0 N–H and O–H groups in total. The summed E-state index contributed by atoms with van der Waals surface area (Å²) in [5.41, 5.74) is 0. The SMILES string of the molecule is C.C.C.C.C.CC[Si](C)(C)O[Si](C)(C)CC.CO[Si](C)(C)OC.CO[Si](C)(OC)c1ccccc1.CO[Si](OC)(c1ccccc1)c1ccccc1.COc1ccc([Si](C)(C)c2ccc(OC)cc2)cc1.C[Si](C)(C)c1ccccc1.C[Si](C)(c1ccccc1)c1ccccc1. The quantitative estimate of drug-likeness (QED) is 0.0693. The van der Waals surface area contributed by atoms with E-state index in [4.69, 9.17) is 40.1 Å². The minimum atomic E-state index is -2.50. The lowest BCUT2D eigenvalue weighted by Gasteiger charge is -2.32. The molecule has 96 heavy (non-hydrogen) atoms. The van der Waals surface area contributed by atoms with Gasteiger partial charge in [0.2, 0.25) is 0 Å². The maximum absolute atomic E-state index is 6.20. The molecule has 0 heterocycles. The Hall–Kier alpha value is -5.18. The van der Waals surface area contributed by atoms with Crippen molar-refractivity contribution in [2.24, 2.45) is 0 Å². The lowest BCUT2D eigenvalue weighted by Crippen LogP contribution is -2.62. The summed E-state index contributed by atoms with van der Waals surface area (Å²) in [6.45, 7) is 36.4. The van der Waals surface area contributed by atoms with Crippen molar-refractivity contribution in [1.29, 1.82) is 0 Å². The third-order valence-electron chi connectivity index (χ3n) is 16.5. The highest BCUT2D eigenvalue weighted by molar-refractivity contribution is 7.01. The summed E-state index contributed by atoms with van der Waals surface area (Å²) in [6.07, 6.45) is 0. The van der Waals surface area contributed by atoms with Crippen LogP contribution in [0.1, 0.15) is 51.0 Å². The van der Waals surface area contributed by atoms with E-state index in [-0.39, 0.29) is 37.1 Å². The van der Waals surface area contributed by atoms with Crippen LogP contribution >= 0.6 is 0 Å². The van der Waals surface area contributed by atoms with Crippen molar-refractivity contribution in [3.05, 3.63) is 231 Å². The molecule has 0 spiro atoms. The predicted molar refractivity (Wildman–Crippen MR) is 448 cm³/mol. The van der Waals surface area contributed by atoms with Crippen molar-refractivity contribution in [2.45, 2.75) is 155 Å². The van der Waals surface area contributed by atoms with Crippen LogP contribution in [0.5, 0.6) is 11.5 Å². The Balaban J connectivity index is -0.000000519. The molecule has 0 atom stereocenters. The van der Waals surface area contributed by atoms with Gasteiger partial charge in [-0.15, -0.1) is 0 Å². The number of benzene rings is 8. The zero-order chi connectivity index (χ0) is 68.4. The highest BCUT2D eigenvalue weighted by Gasteiger charge is 2.40. The van der Waals surface area contributed by atoms with E-state index in [1.165, 1.54) is 38.0 Å². The summed E-state index contributed by atoms with van der Waals surface area (Å²) in [4.78, 5) is 0. The largest absolute Gasteiger partial charge is 0.497 e. The second-order valence-corrected chi connectivity index (χ2v) is 58.9. The molecule has 0 saturated heterocycles. The van der Waals surface area contributed by atoms with Gasteiger partial charge in [0.25, 0.3) is 0 Å². The molecule has 0 aliphatic rings. The van der Waals surface area contributed by atoms with Gasteiger partial charge in [-0.3, -0.25) is 0 Å². The molecule has 8 aromatic rings. The topological polar surface area (TPSA) is 83.1 Å². The van der Waals surface area contributed by atoms with Crippen LogP contribution in [0.2, 0.25) is 104 Å². The first-order valence-electron chi connectivity index (χ1n) is 31.5. The highest BCUT2D eigenvalue weighted by Crippen LogP contribution is 2.21. The van der Waals surface area contributed by atoms with Crippen molar-refractivity contribution in [3.63, 3.8) is 0 Å². The monoisotopic (exact) mass is 1450 g/mol. The average Bonchev–Trinajstić information content (AvgIpc) is 0.810. The molecule has 0 radical (unpaired) electrons. The normalized spacial score (nSPS) is 11.1. The zero-order valence-electron chi connectivity index (χ0n) is 60.0. The molecular weight excluding hydrogens is 1320 g/mol. The van der Waals surface area contributed by atoms with Crippen molar-refractivity contribution < 1.29 is 40.1 Å². The van der Waals surface area contributed by atoms with E-state index in [0.717, 1.165) is 27.1 Å². The first-order valence-corrected chi connectivity index (χ1v) is 54.2. The van der Waals surface area contributed by atoms with Gasteiger partial charge in [-0.25, -0.2) is 0 Å². The van der Waals surface area contributed by atoms with E-state index in [1.54, 1.807) is 56.9 Å². The van der Waals surface area contributed by atoms with Crippen LogP contribution in [0.3, 0.4) is 0 Å². The standard InChI is InChI=1S/C16H20O2Si.C14H16O2Si.C14H16Si.C9H14O2Si.C9H14Si.C8H22OSi2.C4H12O2Si.5CH4/c1-17-13-5-9-15(10-6-13)19(3,4)16-11-7-14(18-2)8-12-16;1-15-17(16-2,13-9-5-3-6-10-13)14-11-7-4-8-12-14;1-15(2,13-9-5-3-6-10-13)14-11-7-4-8-12-14;1-10-12(3,11-2)9-7-5-4-6-8-9;1-10(2,3)9-7-5-4-6-8-9;1-7-10(3,4)9-11(5,6)8-2;1-5-7(3,4)6-2;;;;;/h5-12H,1-4H3;3-12H,1-2H3;3-12H,1-2H3;4-8H,1-3H3;4-8H,1-3H3;7-8H2,1-6H3;1-4H3;5*1H4. The van der Waals surface area contributed by atoms with Gasteiger partial charge in [-0.2, -0.15) is 0 Å². The molecule has 0 fully saturated rings. The van der Waals surface area contributed by atoms with Crippen molar-refractivity contribution in [2.75, 3.05) is 56.9 Å². The molecule has 8 aromatic carbocycles. The van der Waals surface area contributed by atoms with Crippen LogP contribution < -0.4 is 51.0 Å². The molecule has 0 saturated carbocycles. The minimum absolute atomic E-state index is 0. The number of ether oxygens (including phenoxy) is 2. The number of hydrogen-bond donors (Lipinski definition) is 0. The Kier molecular flexibility index (Phi) is 48.3. The summed E-state index contributed by atoms with van der Waals surface area (Å²) >= 11 is 0. The number of methoxy groups -OCH3 is 2. The summed E-state index contributed by atoms with van der Waals surface area (Å²) < 4.78 is 49.0. The number of hydrogen-bond acceptors (Lipinski definition) is 9. The summed E-state index contributed by atoms with van der Waals surface area (Å²) in [7, 11) is 0.683. The first-order chi connectivity index (χ1) is 42.9. The van der Waals surface area contributed by atoms with Crippen LogP contribution in [0.4, 0.5) is 0 Å². The van der Waals surface area contributed by atoms with Crippen molar-refractivity contribution in [3.8, 4) is 11.5 Å². The van der Waals surface area contributed by atoms with E-state index in [2.05, 4.69) is 225 Å². The molecule has 0 aliphatic carbocycles. The van der Waals surface area contributed by atoms with E-state index in [1.807, 2.05) is 111 Å². The van der Waals surface area contributed by atoms with Gasteiger partial charge in [-0.1, -0.05) is 329 Å². The zero-order valence-corrected chi connectivity index (χ0v) is 68.0. The Morgan fingerprint density at radius 3 is 0.667 bits per heavy atom. The first kappa shape index (κ1) is 97.2. The molecule has 0 aromatic heterocycles. The Morgan fingerprint density at radius 1 is 0.250 bits per heavy atom. The molecule has 9 nitrogen and oxygen atoms in total. The summed E-state index contributed by atoms with van der Waals surface area (Å²) in [5, 5.41) is 10.7. The molecule has 0 bridgehead atoms. The maximum atomic E-state index is 6.20. The lowest BCUT2D eigenvalue weighted by molar-refractivity contribution is 0.258. The van der Waals surface area contributed by atoms with Crippen LogP contribution in [-0.4, -0.2) is 123 Å². The van der Waals surface area contributed by atoms with Crippen LogP contribution in [0.15, 0.2) is 231 Å². The predicted octanol–water partition coefficient (Wildman–Crippen LogP) is 17.7. The lowest BCUT2D eigenvalue weighted by atomic mass is 10.3. The highest BCUT2D eigenvalue weighted by atomic mass is 28.4. The van der Waals surface area contributed by atoms with Gasteiger partial charge in [0.15, 0.2) is 16.6 Å². The van der Waals surface area contributed by atoms with Gasteiger partial charge in [-0.05, 0) is 97.7 Å². The molecule has 0 aliphatic heterocycles. The Morgan fingerprint density at radius 2 is 0.479 bits per heavy atom. The third-order valence-corrected chi connectivity index (χ3v) is 41.7. The van der Waals surface area contributed by atoms with E-state index in [9.17, 15) is 0 Å². The molecular formula is C79H134O9Si8. The van der Waals surface area contributed by atoms with Gasteiger partial charge in [0.05, 0.1) is 22.3 Å². The second-order valence-electron chi connectivity index (χ2n) is 25.7. The van der Waals surface area contributed by atoms with Gasteiger partial charge >= 0.3 is 25.7 Å². The fraction of sp³-hybridized carbons (Fsp3) is 0.392. The van der Waals surface area contributed by atoms with Gasteiger partial charge < -0.3 is 40.1 Å². The minimum Gasteiger partial charge on any atom is -0.497 e. The van der Waals surface area contributed by atoms with Crippen LogP contribution in [-0.2, 0) is 30.7 Å². The summed E-state index contributed by atoms with van der Waals surface area (Å²) in [6, 6.07) is 82.1.